The number of H-pyrrole nitrogens is 1. The first-order valence-electron chi connectivity index (χ1n) is 5.24. The Hall–Kier alpha value is -1.44. The smallest absolute Gasteiger partial charge is 0.238 e. The van der Waals surface area contributed by atoms with Crippen molar-refractivity contribution in [3.63, 3.8) is 0 Å². The molecule has 0 aliphatic carbocycles. The number of aromatic amines is 1. The third kappa shape index (κ3) is 2.69. The summed E-state index contributed by atoms with van der Waals surface area (Å²) in [5.74, 6) is 0. The van der Waals surface area contributed by atoms with E-state index in [4.69, 9.17) is 17.4 Å². The number of primary sulfonamides is 1. The first-order valence-corrected chi connectivity index (χ1v) is 7.20. The van der Waals surface area contributed by atoms with Crippen LogP contribution in [0, 0.1) is 11.7 Å². The third-order valence-corrected chi connectivity index (χ3v) is 3.94. The Morgan fingerprint density at radius 2 is 1.94 bits per heavy atom. The molecule has 0 saturated heterocycles. The van der Waals surface area contributed by atoms with Crippen molar-refractivity contribution in [3.8, 4) is 0 Å². The summed E-state index contributed by atoms with van der Waals surface area (Å²) in [7, 11) is -3.63. The summed E-state index contributed by atoms with van der Waals surface area (Å²) < 4.78 is 24.8. The molecule has 1 aromatic carbocycles. The average Bonchev–Trinajstić information content (AvgIpc) is 2.60. The number of benzene rings is 1. The highest BCUT2D eigenvalue weighted by atomic mass is 32.2. The fourth-order valence-electron chi connectivity index (χ4n) is 1.65. The summed E-state index contributed by atoms with van der Waals surface area (Å²) >= 11 is 5.15. The van der Waals surface area contributed by atoms with Crippen molar-refractivity contribution >= 4 is 22.2 Å². The van der Waals surface area contributed by atoms with Crippen molar-refractivity contribution in [2.24, 2.45) is 5.14 Å². The van der Waals surface area contributed by atoms with Crippen LogP contribution >= 0.6 is 12.2 Å². The normalized spacial score (nSPS) is 11.7. The zero-order valence-electron chi connectivity index (χ0n) is 9.75. The Kier molecular flexibility index (Phi) is 3.38. The van der Waals surface area contributed by atoms with Crippen LogP contribution in [0.1, 0.15) is 11.3 Å². The average molecular weight is 283 g/mol. The van der Waals surface area contributed by atoms with Gasteiger partial charge < -0.3 is 9.55 Å². The summed E-state index contributed by atoms with van der Waals surface area (Å²) in [6, 6.07) is 6.45. The van der Waals surface area contributed by atoms with Crippen LogP contribution < -0.4 is 5.14 Å². The largest absolute Gasteiger partial charge is 0.337 e. The molecule has 0 radical (unpaired) electrons. The van der Waals surface area contributed by atoms with Gasteiger partial charge in [-0.2, -0.15) is 0 Å². The van der Waals surface area contributed by atoms with Crippen molar-refractivity contribution in [1.82, 2.24) is 9.55 Å². The molecule has 18 heavy (non-hydrogen) atoms. The highest BCUT2D eigenvalue weighted by Gasteiger charge is 2.07. The van der Waals surface area contributed by atoms with Crippen molar-refractivity contribution in [3.05, 3.63) is 46.5 Å². The van der Waals surface area contributed by atoms with Crippen LogP contribution in [0.4, 0.5) is 0 Å². The van der Waals surface area contributed by atoms with Crippen molar-refractivity contribution in [1.29, 1.82) is 0 Å². The molecule has 1 heterocycles. The summed E-state index contributed by atoms with van der Waals surface area (Å²) in [4.78, 5) is 3.07. The van der Waals surface area contributed by atoms with E-state index < -0.39 is 10.0 Å². The molecular formula is C11H13N3O2S2. The van der Waals surface area contributed by atoms with E-state index in [1.807, 2.05) is 17.7 Å². The monoisotopic (exact) mass is 283 g/mol. The molecule has 0 aliphatic heterocycles. The van der Waals surface area contributed by atoms with Crippen LogP contribution in [-0.2, 0) is 16.6 Å². The minimum absolute atomic E-state index is 0.112. The highest BCUT2D eigenvalue weighted by molar-refractivity contribution is 7.89. The number of imidazole rings is 1. The Morgan fingerprint density at radius 3 is 2.39 bits per heavy atom. The van der Waals surface area contributed by atoms with E-state index >= 15 is 0 Å². The van der Waals surface area contributed by atoms with E-state index in [1.54, 1.807) is 12.1 Å². The second-order valence-corrected chi connectivity index (χ2v) is 5.96. The number of sulfonamides is 1. The van der Waals surface area contributed by atoms with E-state index in [0.717, 1.165) is 11.3 Å². The van der Waals surface area contributed by atoms with Crippen LogP contribution in [-0.4, -0.2) is 18.0 Å². The number of nitrogens with two attached hydrogens (primary N) is 1. The number of hydrogen-bond donors (Lipinski definition) is 2. The molecule has 0 unspecified atom stereocenters. The Balaban J connectivity index is 2.30. The summed E-state index contributed by atoms with van der Waals surface area (Å²) in [6.07, 6.45) is 1.83. The van der Waals surface area contributed by atoms with Gasteiger partial charge in [0.05, 0.1) is 11.4 Å². The van der Waals surface area contributed by atoms with Gasteiger partial charge in [-0.1, -0.05) is 12.1 Å². The number of nitrogens with one attached hydrogen (secondary N) is 1. The van der Waals surface area contributed by atoms with E-state index in [1.165, 1.54) is 12.1 Å². The summed E-state index contributed by atoms with van der Waals surface area (Å²) in [6.45, 7) is 2.55. The van der Waals surface area contributed by atoms with Crippen molar-refractivity contribution < 1.29 is 8.42 Å². The van der Waals surface area contributed by atoms with Crippen molar-refractivity contribution in [2.75, 3.05) is 0 Å². The molecule has 96 valence electrons. The number of aryl methyl sites for hydroxylation is 1. The van der Waals surface area contributed by atoms with Gasteiger partial charge in [-0.15, -0.1) is 0 Å². The Bertz CT molecular complexity index is 711. The van der Waals surface area contributed by atoms with Gasteiger partial charge in [-0.05, 0) is 36.8 Å². The van der Waals surface area contributed by atoms with Crippen LogP contribution in [0.2, 0.25) is 0 Å². The number of aromatic nitrogens is 2. The van der Waals surface area contributed by atoms with Crippen LogP contribution in [0.25, 0.3) is 0 Å². The second kappa shape index (κ2) is 4.68. The van der Waals surface area contributed by atoms with Gasteiger partial charge in [-0.25, -0.2) is 13.6 Å². The number of nitrogens with zero attached hydrogens (tertiary/aromatic N) is 1. The maximum atomic E-state index is 11.1. The van der Waals surface area contributed by atoms with E-state index in [2.05, 4.69) is 4.98 Å². The molecule has 1 aromatic heterocycles. The van der Waals surface area contributed by atoms with Crippen LogP contribution in [0.15, 0.2) is 35.4 Å². The van der Waals surface area contributed by atoms with Gasteiger partial charge in [0.15, 0.2) is 4.77 Å². The lowest BCUT2D eigenvalue weighted by Gasteiger charge is -2.06. The first-order chi connectivity index (χ1) is 8.38. The lowest BCUT2D eigenvalue weighted by molar-refractivity contribution is 0.597. The fourth-order valence-corrected chi connectivity index (χ4v) is 2.43. The molecule has 0 aliphatic rings. The molecule has 0 amide bonds. The van der Waals surface area contributed by atoms with E-state index in [9.17, 15) is 8.42 Å². The molecule has 7 heteroatoms. The Morgan fingerprint density at radius 1 is 1.33 bits per heavy atom. The van der Waals surface area contributed by atoms with Crippen molar-refractivity contribution in [2.45, 2.75) is 18.4 Å². The van der Waals surface area contributed by atoms with Gasteiger partial charge in [0.1, 0.15) is 0 Å². The first kappa shape index (κ1) is 13.0. The van der Waals surface area contributed by atoms with Gasteiger partial charge in [0.2, 0.25) is 10.0 Å². The number of rotatable bonds is 3. The molecule has 0 fully saturated rings. The quantitative estimate of drug-likeness (QED) is 0.839. The van der Waals surface area contributed by atoms with Crippen LogP contribution in [0.5, 0.6) is 0 Å². The molecular weight excluding hydrogens is 270 g/mol. The van der Waals surface area contributed by atoms with Gasteiger partial charge in [0, 0.05) is 11.9 Å². The predicted octanol–water partition coefficient (Wildman–Crippen LogP) is 1.55. The predicted molar refractivity (Wildman–Crippen MR) is 71.3 cm³/mol. The molecule has 2 rings (SSSR count). The molecule has 0 bridgehead atoms. The fraction of sp³-hybridized carbons (Fsp3) is 0.182. The molecule has 0 saturated carbocycles. The van der Waals surface area contributed by atoms with E-state index in [-0.39, 0.29) is 4.90 Å². The van der Waals surface area contributed by atoms with E-state index in [0.29, 0.717) is 11.3 Å². The molecule has 2 aromatic rings. The zero-order chi connectivity index (χ0) is 13.3. The molecule has 5 nitrogen and oxygen atoms in total. The third-order valence-electron chi connectivity index (χ3n) is 2.67. The topological polar surface area (TPSA) is 80.9 Å². The summed E-state index contributed by atoms with van der Waals surface area (Å²) in [5, 5.41) is 5.04. The minimum Gasteiger partial charge on any atom is -0.337 e. The maximum absolute atomic E-state index is 11.1. The standard InChI is InChI=1S/C11H13N3O2S2/c1-8-6-13-11(17)14(8)7-9-2-4-10(5-3-9)18(12,15)16/h2-6H,7H2,1H3,(H,13,17)(H2,12,15,16). The Labute approximate surface area is 110 Å². The SMILES string of the molecule is Cc1c[nH]c(=S)n1Cc1ccc(S(N)(=O)=O)cc1. The molecule has 0 spiro atoms. The molecule has 0 atom stereocenters. The minimum atomic E-state index is -3.63. The lowest BCUT2D eigenvalue weighted by Crippen LogP contribution is -2.12. The zero-order valence-corrected chi connectivity index (χ0v) is 11.4. The highest BCUT2D eigenvalue weighted by Crippen LogP contribution is 2.11. The van der Waals surface area contributed by atoms with Gasteiger partial charge >= 0.3 is 0 Å². The van der Waals surface area contributed by atoms with Gasteiger partial charge in [-0.3, -0.25) is 0 Å². The van der Waals surface area contributed by atoms with Gasteiger partial charge in [0.25, 0.3) is 0 Å². The lowest BCUT2D eigenvalue weighted by atomic mass is 10.2. The summed E-state index contributed by atoms with van der Waals surface area (Å²) in [5.41, 5.74) is 1.98. The molecule has 3 N–H and O–H groups in total. The second-order valence-electron chi connectivity index (χ2n) is 4.01. The maximum Gasteiger partial charge on any atom is 0.238 e. The number of hydrogen-bond acceptors (Lipinski definition) is 3. The van der Waals surface area contributed by atoms with Crippen LogP contribution in [0.3, 0.4) is 0 Å².